The summed E-state index contributed by atoms with van der Waals surface area (Å²) in [4.78, 5) is 34.4. The van der Waals surface area contributed by atoms with E-state index in [4.69, 9.17) is 0 Å². The molecule has 3 heterocycles. The molecule has 1 aliphatic carbocycles. The Bertz CT molecular complexity index is 1070. The van der Waals surface area contributed by atoms with Crippen LogP contribution in [0.3, 0.4) is 0 Å². The zero-order valence-corrected chi connectivity index (χ0v) is 15.8. The van der Waals surface area contributed by atoms with E-state index in [0.29, 0.717) is 30.0 Å². The van der Waals surface area contributed by atoms with Crippen molar-refractivity contribution >= 4 is 16.7 Å². The highest BCUT2D eigenvalue weighted by molar-refractivity contribution is 6.06. The largest absolute Gasteiger partial charge is 0.339 e. The van der Waals surface area contributed by atoms with Gasteiger partial charge in [-0.1, -0.05) is 18.2 Å². The molecule has 3 aromatic rings. The minimum atomic E-state index is -0.159. The number of carbonyl (C=O) groups excluding carboxylic acids is 1. The number of nitrogens with zero attached hydrogens (tertiary/aromatic N) is 3. The van der Waals surface area contributed by atoms with Crippen LogP contribution >= 0.6 is 0 Å². The van der Waals surface area contributed by atoms with E-state index >= 15 is 0 Å². The second-order valence-corrected chi connectivity index (χ2v) is 8.02. The average molecular weight is 376 g/mol. The second-order valence-electron chi connectivity index (χ2n) is 8.02. The summed E-state index contributed by atoms with van der Waals surface area (Å²) in [5, 5.41) is 1.28. The van der Waals surface area contributed by atoms with Gasteiger partial charge < -0.3 is 14.5 Å². The zero-order chi connectivity index (χ0) is 19.1. The number of piperidine rings is 1. The van der Waals surface area contributed by atoms with Gasteiger partial charge in [-0.25, -0.2) is 4.98 Å². The molecule has 0 radical (unpaired) electrons. The number of amides is 1. The first-order chi connectivity index (χ1) is 13.7. The molecule has 2 aliphatic rings. The monoisotopic (exact) mass is 376 g/mol. The quantitative estimate of drug-likeness (QED) is 0.760. The van der Waals surface area contributed by atoms with Gasteiger partial charge in [-0.3, -0.25) is 9.59 Å². The number of fused-ring (bicyclic) bond motifs is 1. The topological polar surface area (TPSA) is 71.0 Å². The Labute approximate surface area is 163 Å². The average Bonchev–Trinajstić information content (AvgIpc) is 3.43. The van der Waals surface area contributed by atoms with Crippen LogP contribution in [0.1, 0.15) is 47.8 Å². The van der Waals surface area contributed by atoms with Crippen molar-refractivity contribution in [1.82, 2.24) is 19.4 Å². The van der Waals surface area contributed by atoms with Crippen LogP contribution in [-0.4, -0.2) is 38.4 Å². The number of hydrogen-bond donors (Lipinski definition) is 1. The number of rotatable bonds is 4. The fourth-order valence-corrected chi connectivity index (χ4v) is 4.31. The van der Waals surface area contributed by atoms with E-state index in [0.717, 1.165) is 30.7 Å². The summed E-state index contributed by atoms with van der Waals surface area (Å²) in [5.41, 5.74) is 0.414. The number of benzene rings is 1. The van der Waals surface area contributed by atoms with E-state index in [1.54, 1.807) is 12.3 Å². The SMILES string of the molecule is O=C(c1c[nH]c(=O)c2ccccc12)N1CCC(c2nccn2CC2CC2)CC1. The van der Waals surface area contributed by atoms with Crippen molar-refractivity contribution in [3.8, 4) is 0 Å². The summed E-state index contributed by atoms with van der Waals surface area (Å²) < 4.78 is 2.31. The van der Waals surface area contributed by atoms with Crippen molar-refractivity contribution < 1.29 is 4.79 Å². The lowest BCUT2D eigenvalue weighted by molar-refractivity contribution is 0.0712. The molecule has 2 fully saturated rings. The third kappa shape index (κ3) is 3.13. The smallest absolute Gasteiger partial charge is 0.255 e. The van der Waals surface area contributed by atoms with Crippen molar-refractivity contribution in [2.75, 3.05) is 13.1 Å². The lowest BCUT2D eigenvalue weighted by atomic mass is 9.95. The Hall–Kier alpha value is -2.89. The molecule has 5 rings (SSSR count). The highest BCUT2D eigenvalue weighted by Crippen LogP contribution is 2.33. The number of pyridine rings is 1. The molecule has 1 saturated carbocycles. The van der Waals surface area contributed by atoms with E-state index in [2.05, 4.69) is 20.7 Å². The number of H-pyrrole nitrogens is 1. The van der Waals surface area contributed by atoms with Gasteiger partial charge in [-0.05, 0) is 37.7 Å². The fraction of sp³-hybridized carbons (Fsp3) is 0.409. The van der Waals surface area contributed by atoms with Crippen LogP contribution in [0.5, 0.6) is 0 Å². The van der Waals surface area contributed by atoms with E-state index in [9.17, 15) is 9.59 Å². The van der Waals surface area contributed by atoms with Gasteiger partial charge in [0.15, 0.2) is 0 Å². The molecule has 1 amide bonds. The minimum Gasteiger partial charge on any atom is -0.339 e. The molecule has 6 nitrogen and oxygen atoms in total. The van der Waals surface area contributed by atoms with Crippen LogP contribution < -0.4 is 5.56 Å². The number of hydrogen-bond acceptors (Lipinski definition) is 3. The number of imidazole rings is 1. The Balaban J connectivity index is 1.32. The predicted octanol–water partition coefficient (Wildman–Crippen LogP) is 3.15. The number of aromatic amines is 1. The fourth-order valence-electron chi connectivity index (χ4n) is 4.31. The molecule has 1 aliphatic heterocycles. The maximum Gasteiger partial charge on any atom is 0.255 e. The molecule has 0 unspecified atom stereocenters. The molecule has 28 heavy (non-hydrogen) atoms. The molecule has 0 spiro atoms. The highest BCUT2D eigenvalue weighted by Gasteiger charge is 2.29. The normalized spacial score (nSPS) is 17.9. The number of nitrogens with one attached hydrogen (secondary N) is 1. The van der Waals surface area contributed by atoms with Gasteiger partial charge in [0.05, 0.1) is 5.56 Å². The Morgan fingerprint density at radius 3 is 2.61 bits per heavy atom. The summed E-state index contributed by atoms with van der Waals surface area (Å²) >= 11 is 0. The molecule has 144 valence electrons. The van der Waals surface area contributed by atoms with Gasteiger partial charge in [-0.2, -0.15) is 0 Å². The first kappa shape index (κ1) is 17.2. The van der Waals surface area contributed by atoms with Crippen LogP contribution in [0.25, 0.3) is 10.8 Å². The van der Waals surface area contributed by atoms with Gasteiger partial charge in [0.25, 0.3) is 11.5 Å². The van der Waals surface area contributed by atoms with Gasteiger partial charge in [-0.15, -0.1) is 0 Å². The molecule has 1 saturated heterocycles. The van der Waals surface area contributed by atoms with Gasteiger partial charge >= 0.3 is 0 Å². The summed E-state index contributed by atoms with van der Waals surface area (Å²) in [7, 11) is 0. The van der Waals surface area contributed by atoms with Crippen LogP contribution in [-0.2, 0) is 6.54 Å². The summed E-state index contributed by atoms with van der Waals surface area (Å²) in [6, 6.07) is 7.29. The van der Waals surface area contributed by atoms with Gasteiger partial charge in [0.2, 0.25) is 0 Å². The molecule has 0 bridgehead atoms. The third-order valence-corrected chi connectivity index (χ3v) is 6.09. The lowest BCUT2D eigenvalue weighted by Gasteiger charge is -2.32. The molecular weight excluding hydrogens is 352 g/mol. The first-order valence-corrected chi connectivity index (χ1v) is 10.1. The molecule has 1 aromatic carbocycles. The predicted molar refractivity (Wildman–Crippen MR) is 107 cm³/mol. The van der Waals surface area contributed by atoms with Crippen molar-refractivity contribution in [3.63, 3.8) is 0 Å². The number of aromatic nitrogens is 3. The van der Waals surface area contributed by atoms with Gasteiger partial charge in [0, 0.05) is 54.9 Å². The van der Waals surface area contributed by atoms with Crippen molar-refractivity contribution in [1.29, 1.82) is 0 Å². The number of likely N-dealkylation sites (tertiary alicyclic amines) is 1. The molecule has 1 N–H and O–H groups in total. The summed E-state index contributed by atoms with van der Waals surface area (Å²) in [6.45, 7) is 2.51. The van der Waals surface area contributed by atoms with Crippen molar-refractivity contribution in [2.24, 2.45) is 5.92 Å². The zero-order valence-electron chi connectivity index (χ0n) is 15.8. The van der Waals surface area contributed by atoms with E-state index in [1.807, 2.05) is 29.3 Å². The first-order valence-electron chi connectivity index (χ1n) is 10.1. The Morgan fingerprint density at radius 2 is 1.86 bits per heavy atom. The van der Waals surface area contributed by atoms with E-state index in [1.165, 1.54) is 18.7 Å². The van der Waals surface area contributed by atoms with E-state index < -0.39 is 0 Å². The lowest BCUT2D eigenvalue weighted by Crippen LogP contribution is -2.38. The molecule has 6 heteroatoms. The Morgan fingerprint density at radius 1 is 1.11 bits per heavy atom. The summed E-state index contributed by atoms with van der Waals surface area (Å²) in [5.74, 6) is 2.40. The maximum atomic E-state index is 13.1. The minimum absolute atomic E-state index is 0.00720. The van der Waals surface area contributed by atoms with E-state index in [-0.39, 0.29) is 11.5 Å². The van der Waals surface area contributed by atoms with Crippen LogP contribution in [0, 0.1) is 5.92 Å². The second kappa shape index (κ2) is 6.93. The molecular formula is C22H24N4O2. The van der Waals surface area contributed by atoms with Crippen LogP contribution in [0.15, 0.2) is 47.7 Å². The standard InChI is InChI=1S/C22H24N4O2/c27-21-18-4-2-1-3-17(18)19(13-24-21)22(28)25-10-7-16(8-11-25)20-23-9-12-26(20)14-15-5-6-15/h1-4,9,12-13,15-16H,5-8,10-11,14H2,(H,24,27). The summed E-state index contributed by atoms with van der Waals surface area (Å²) in [6.07, 6.45) is 10.1. The highest BCUT2D eigenvalue weighted by atomic mass is 16.2. The van der Waals surface area contributed by atoms with Crippen LogP contribution in [0.2, 0.25) is 0 Å². The molecule has 2 aromatic heterocycles. The van der Waals surface area contributed by atoms with Gasteiger partial charge in [0.1, 0.15) is 5.82 Å². The van der Waals surface area contributed by atoms with Crippen molar-refractivity contribution in [3.05, 3.63) is 64.6 Å². The third-order valence-electron chi connectivity index (χ3n) is 6.09. The van der Waals surface area contributed by atoms with Crippen LogP contribution in [0.4, 0.5) is 0 Å². The molecule has 0 atom stereocenters. The van der Waals surface area contributed by atoms with Crippen molar-refractivity contribution in [2.45, 2.75) is 38.1 Å². The maximum absolute atomic E-state index is 13.1. The Kier molecular flexibility index (Phi) is 4.26. The number of carbonyl (C=O) groups is 1.